The zero-order chi connectivity index (χ0) is 35.2. The van der Waals surface area contributed by atoms with Gasteiger partial charge in [-0.2, -0.15) is 0 Å². The van der Waals surface area contributed by atoms with Crippen molar-refractivity contribution >= 4 is 35.0 Å². The van der Waals surface area contributed by atoms with Crippen LogP contribution in [0.3, 0.4) is 0 Å². The summed E-state index contributed by atoms with van der Waals surface area (Å²) >= 11 is 1.21. The fraction of sp³-hybridized carbons (Fsp3) is 0.316. The molecule has 11 nitrogen and oxygen atoms in total. The van der Waals surface area contributed by atoms with Crippen molar-refractivity contribution in [2.24, 2.45) is 4.99 Å². The molecule has 260 valence electrons. The van der Waals surface area contributed by atoms with Crippen molar-refractivity contribution < 1.29 is 33.3 Å². The van der Waals surface area contributed by atoms with Crippen LogP contribution in [-0.4, -0.2) is 68.5 Å². The topological polar surface area (TPSA) is 118 Å². The van der Waals surface area contributed by atoms with E-state index in [0.29, 0.717) is 61.3 Å². The molecule has 6 rings (SSSR count). The van der Waals surface area contributed by atoms with Crippen molar-refractivity contribution in [2.45, 2.75) is 32.7 Å². The van der Waals surface area contributed by atoms with Crippen molar-refractivity contribution in [1.82, 2.24) is 9.47 Å². The van der Waals surface area contributed by atoms with Gasteiger partial charge < -0.3 is 28.6 Å². The van der Waals surface area contributed by atoms with Crippen molar-refractivity contribution in [2.75, 3.05) is 47.1 Å². The highest BCUT2D eigenvalue weighted by Crippen LogP contribution is 2.38. The highest BCUT2D eigenvalue weighted by molar-refractivity contribution is 7.07. The second-order valence-electron chi connectivity index (χ2n) is 11.6. The number of carbonyl (C=O) groups is 2. The number of rotatable bonds is 12. The van der Waals surface area contributed by atoms with Gasteiger partial charge in [-0.15, -0.1) is 0 Å². The van der Waals surface area contributed by atoms with Gasteiger partial charge in [0, 0.05) is 18.7 Å². The molecule has 3 aromatic carbocycles. The number of nitrogens with zero attached hydrogens (tertiary/aromatic N) is 3. The monoisotopic (exact) mass is 697 g/mol. The van der Waals surface area contributed by atoms with Gasteiger partial charge in [-0.3, -0.25) is 14.2 Å². The number of fused-ring (bicyclic) bond motifs is 1. The first-order chi connectivity index (χ1) is 24.4. The van der Waals surface area contributed by atoms with E-state index in [1.54, 1.807) is 55.3 Å². The van der Waals surface area contributed by atoms with Gasteiger partial charge in [-0.25, -0.2) is 9.79 Å². The molecule has 1 amide bonds. The summed E-state index contributed by atoms with van der Waals surface area (Å²) in [5.41, 5.74) is 2.32. The number of benzene rings is 3. The average Bonchev–Trinajstić information content (AvgIpc) is 3.79. The van der Waals surface area contributed by atoms with E-state index in [2.05, 4.69) is 0 Å². The van der Waals surface area contributed by atoms with Crippen molar-refractivity contribution in [3.63, 3.8) is 0 Å². The van der Waals surface area contributed by atoms with E-state index in [1.165, 1.54) is 23.0 Å². The Hall–Kier alpha value is -5.36. The van der Waals surface area contributed by atoms with Crippen LogP contribution in [0.4, 0.5) is 0 Å². The van der Waals surface area contributed by atoms with Crippen LogP contribution in [0.5, 0.6) is 23.0 Å². The molecule has 0 unspecified atom stereocenters. The summed E-state index contributed by atoms with van der Waals surface area (Å²) in [4.78, 5) is 47.9. The smallest absolute Gasteiger partial charge is 0.338 e. The molecule has 0 N–H and O–H groups in total. The largest absolute Gasteiger partial charge is 0.493 e. The number of esters is 1. The molecule has 12 heteroatoms. The summed E-state index contributed by atoms with van der Waals surface area (Å²) in [6, 6.07) is 19.1. The molecule has 2 aliphatic rings. The Morgan fingerprint density at radius 3 is 2.32 bits per heavy atom. The quantitative estimate of drug-likeness (QED) is 0.201. The van der Waals surface area contributed by atoms with Crippen LogP contribution in [0.2, 0.25) is 0 Å². The number of likely N-dealkylation sites (tertiary alicyclic amines) is 1. The van der Waals surface area contributed by atoms with Gasteiger partial charge in [0.05, 0.1) is 49.3 Å². The molecule has 0 aliphatic carbocycles. The lowest BCUT2D eigenvalue weighted by molar-refractivity contribution is -0.139. The Morgan fingerprint density at radius 2 is 1.62 bits per heavy atom. The van der Waals surface area contributed by atoms with E-state index < -0.39 is 12.0 Å². The number of thiazole rings is 1. The first kappa shape index (κ1) is 34.5. The van der Waals surface area contributed by atoms with Crippen LogP contribution >= 0.6 is 11.3 Å². The number of carbonyl (C=O) groups excluding carboxylic acids is 2. The zero-order valence-electron chi connectivity index (χ0n) is 28.5. The van der Waals surface area contributed by atoms with Gasteiger partial charge in [0.15, 0.2) is 34.4 Å². The zero-order valence-corrected chi connectivity index (χ0v) is 29.3. The molecule has 0 saturated carbocycles. The van der Waals surface area contributed by atoms with Gasteiger partial charge in [0.25, 0.3) is 11.5 Å². The first-order valence-electron chi connectivity index (χ1n) is 16.5. The summed E-state index contributed by atoms with van der Waals surface area (Å²) in [6.07, 6.45) is 3.76. The highest BCUT2D eigenvalue weighted by Gasteiger charge is 2.35. The molecule has 0 spiro atoms. The fourth-order valence-corrected chi connectivity index (χ4v) is 7.13. The molecule has 3 heterocycles. The minimum atomic E-state index is -0.884. The summed E-state index contributed by atoms with van der Waals surface area (Å²) in [7, 11) is 3.07. The lowest BCUT2D eigenvalue weighted by Crippen LogP contribution is -2.40. The molecule has 0 radical (unpaired) electrons. The van der Waals surface area contributed by atoms with Gasteiger partial charge >= 0.3 is 5.97 Å². The van der Waals surface area contributed by atoms with Crippen molar-refractivity contribution in [1.29, 1.82) is 0 Å². The Balaban J connectivity index is 1.48. The third-order valence-corrected chi connectivity index (χ3v) is 9.46. The second-order valence-corrected chi connectivity index (χ2v) is 12.6. The molecule has 2 aliphatic heterocycles. The van der Waals surface area contributed by atoms with Crippen LogP contribution in [-0.2, 0) is 14.3 Å². The fourth-order valence-electron chi connectivity index (χ4n) is 6.13. The maximum absolute atomic E-state index is 14.4. The standard InChI is InChI=1S/C38H39N3O8S/c1-5-47-30-20-24(14-16-28(30)49-23-32(42)40-18-10-11-19-40)21-31-36(43)41-35(26-15-17-27(45-3)29(22-26)46-4)33(37(44)48-6-2)34(39-38(41)50-31)25-12-8-7-9-13-25/h7-9,12-17,20-22,35H,5-6,10-11,18-19,23H2,1-4H3/b31-21+/t35-/m0/s1. The maximum atomic E-state index is 14.4. The molecular formula is C38H39N3O8S. The maximum Gasteiger partial charge on any atom is 0.338 e. The molecular weight excluding hydrogens is 658 g/mol. The van der Waals surface area contributed by atoms with Gasteiger partial charge in [-0.1, -0.05) is 53.8 Å². The molecule has 1 fully saturated rings. The first-order valence-corrected chi connectivity index (χ1v) is 17.4. The van der Waals surface area contributed by atoms with E-state index in [1.807, 2.05) is 43.3 Å². The number of amides is 1. The minimum Gasteiger partial charge on any atom is -0.493 e. The summed E-state index contributed by atoms with van der Waals surface area (Å²) in [6.45, 7) is 5.53. The van der Waals surface area contributed by atoms with Crippen molar-refractivity contribution in [3.05, 3.63) is 109 Å². The summed E-state index contributed by atoms with van der Waals surface area (Å²) in [5, 5.41) is 0. The van der Waals surface area contributed by atoms with Crippen molar-refractivity contribution in [3.8, 4) is 23.0 Å². The van der Waals surface area contributed by atoms with Gasteiger partial charge in [0.1, 0.15) is 0 Å². The predicted molar refractivity (Wildman–Crippen MR) is 190 cm³/mol. The van der Waals surface area contributed by atoms with E-state index >= 15 is 0 Å². The lowest BCUT2D eigenvalue weighted by atomic mass is 9.93. The minimum absolute atomic E-state index is 0.0590. The molecule has 1 saturated heterocycles. The molecule has 1 aromatic heterocycles. The summed E-state index contributed by atoms with van der Waals surface area (Å²) in [5.74, 6) is 1.22. The third-order valence-electron chi connectivity index (χ3n) is 8.47. The Labute approximate surface area is 293 Å². The second kappa shape index (κ2) is 15.5. The number of hydrogen-bond donors (Lipinski definition) is 0. The van der Waals surface area contributed by atoms with E-state index in [0.717, 1.165) is 25.9 Å². The van der Waals surface area contributed by atoms with Crippen LogP contribution in [0.15, 0.2) is 82.1 Å². The van der Waals surface area contributed by atoms with E-state index in [-0.39, 0.29) is 30.3 Å². The molecule has 0 bridgehead atoms. The van der Waals surface area contributed by atoms with Gasteiger partial charge in [-0.05, 0) is 68.2 Å². The highest BCUT2D eigenvalue weighted by atomic mass is 32.1. The number of hydrogen-bond acceptors (Lipinski definition) is 10. The van der Waals surface area contributed by atoms with Crippen LogP contribution in [0, 0.1) is 0 Å². The van der Waals surface area contributed by atoms with E-state index in [9.17, 15) is 14.4 Å². The SMILES string of the molecule is CCOC(=O)C1=C(c2ccccc2)N=c2s/c(=C/c3ccc(OCC(=O)N4CCCC4)c(OCC)c3)c(=O)n2[C@H]1c1ccc(OC)c(OC)c1. The van der Waals surface area contributed by atoms with E-state index in [4.69, 9.17) is 28.7 Å². The average molecular weight is 698 g/mol. The number of aromatic nitrogens is 1. The molecule has 1 atom stereocenters. The molecule has 50 heavy (non-hydrogen) atoms. The Morgan fingerprint density at radius 1 is 0.880 bits per heavy atom. The predicted octanol–water partition coefficient (Wildman–Crippen LogP) is 4.35. The lowest BCUT2D eigenvalue weighted by Gasteiger charge is -2.26. The van der Waals surface area contributed by atoms with Gasteiger partial charge in [0.2, 0.25) is 0 Å². The Bertz CT molecular complexity index is 2100. The normalized spacial score (nSPS) is 15.7. The third kappa shape index (κ3) is 7.02. The Kier molecular flexibility index (Phi) is 10.7. The van der Waals surface area contributed by atoms with Crippen LogP contribution < -0.4 is 33.8 Å². The van der Waals surface area contributed by atoms with Crippen LogP contribution in [0.25, 0.3) is 11.8 Å². The summed E-state index contributed by atoms with van der Waals surface area (Å²) < 4.78 is 30.3. The van der Waals surface area contributed by atoms with Crippen LogP contribution in [0.1, 0.15) is 49.4 Å². The molecule has 4 aromatic rings. The number of methoxy groups -OCH3 is 2. The number of ether oxygens (including phenoxy) is 5.